The van der Waals surface area contributed by atoms with E-state index < -0.39 is 26.2 Å². The van der Waals surface area contributed by atoms with E-state index in [0.29, 0.717) is 32.5 Å². The van der Waals surface area contributed by atoms with Crippen molar-refractivity contribution in [3.8, 4) is 0 Å². The van der Waals surface area contributed by atoms with Gasteiger partial charge in [0.2, 0.25) is 5.95 Å². The van der Waals surface area contributed by atoms with Crippen molar-refractivity contribution < 1.29 is 27.5 Å². The second-order valence-electron chi connectivity index (χ2n) is 9.82. The van der Waals surface area contributed by atoms with Crippen LogP contribution in [0.4, 0.5) is 19.1 Å². The van der Waals surface area contributed by atoms with Gasteiger partial charge in [-0.3, -0.25) is 4.79 Å². The molecule has 11 heteroatoms. The molecule has 1 N–H and O–H groups in total. The van der Waals surface area contributed by atoms with Gasteiger partial charge in [-0.05, 0) is 31.0 Å². The smallest absolute Gasteiger partial charge is 0.410 e. The average Bonchev–Trinajstić information content (AvgIpc) is 2.99. The lowest BCUT2D eigenvalue weighted by atomic mass is 10.0. The van der Waals surface area contributed by atoms with Crippen LogP contribution in [-0.2, 0) is 15.4 Å². The molecule has 1 amide bonds. The van der Waals surface area contributed by atoms with E-state index in [9.17, 15) is 23.1 Å². The van der Waals surface area contributed by atoms with E-state index in [4.69, 9.17) is 4.43 Å². The second-order valence-corrected chi connectivity index (χ2v) is 14.6. The number of hydrogen-bond donors (Lipinski definition) is 1. The van der Waals surface area contributed by atoms with Crippen LogP contribution < -0.4 is 4.90 Å². The SMILES string of the molecule is CC(C)(C)[Si](C)(C)OC1CN(c2ncc(C(F)(F)F)cn2)CCC1N1CC[C@H](O)C1=O. The summed E-state index contributed by atoms with van der Waals surface area (Å²) in [5.74, 6) is -0.0730. The first-order valence-electron chi connectivity index (χ1n) is 10.5. The standard InChI is InChI=1S/C20H31F3N4O3Si/c1-19(2,3)31(4,5)30-16-12-26(18-24-10-13(11-25-18)20(21,22)23)8-6-14(16)27-9-7-15(28)17(27)29/h10-11,14-16,28H,6-9,12H2,1-5H3/t14?,15-,16?/m0/s1. The predicted octanol–water partition coefficient (Wildman–Crippen LogP) is 3.06. The summed E-state index contributed by atoms with van der Waals surface area (Å²) >= 11 is 0. The molecule has 3 atom stereocenters. The Morgan fingerprint density at radius 1 is 1.13 bits per heavy atom. The fraction of sp³-hybridized carbons (Fsp3) is 0.750. The second kappa shape index (κ2) is 8.32. The van der Waals surface area contributed by atoms with Gasteiger partial charge in [-0.15, -0.1) is 0 Å². The number of piperidine rings is 1. The number of carbonyl (C=O) groups is 1. The number of rotatable bonds is 4. The van der Waals surface area contributed by atoms with Crippen LogP contribution in [0.3, 0.4) is 0 Å². The fourth-order valence-electron chi connectivity index (χ4n) is 3.76. The number of hydrogen-bond acceptors (Lipinski definition) is 6. The zero-order valence-electron chi connectivity index (χ0n) is 18.6. The molecule has 0 bridgehead atoms. The summed E-state index contributed by atoms with van der Waals surface area (Å²) in [5.41, 5.74) is -0.892. The summed E-state index contributed by atoms with van der Waals surface area (Å²) in [5, 5.41) is 9.87. The third-order valence-corrected chi connectivity index (χ3v) is 11.1. The van der Waals surface area contributed by atoms with E-state index in [1.165, 1.54) is 0 Å². The van der Waals surface area contributed by atoms with E-state index in [2.05, 4.69) is 43.8 Å². The molecule has 3 rings (SSSR count). The molecule has 2 aliphatic rings. The van der Waals surface area contributed by atoms with Crippen LogP contribution in [0.25, 0.3) is 0 Å². The van der Waals surface area contributed by atoms with Crippen molar-refractivity contribution in [2.75, 3.05) is 24.5 Å². The Bertz CT molecular complexity index is 798. The van der Waals surface area contributed by atoms with Crippen molar-refractivity contribution in [3.05, 3.63) is 18.0 Å². The van der Waals surface area contributed by atoms with Gasteiger partial charge in [-0.2, -0.15) is 13.2 Å². The molecule has 1 aromatic rings. The first kappa shape index (κ1) is 23.9. The summed E-state index contributed by atoms with van der Waals surface area (Å²) in [6.45, 7) is 11.9. The molecule has 31 heavy (non-hydrogen) atoms. The molecule has 2 saturated heterocycles. The number of carbonyl (C=O) groups excluding carboxylic acids is 1. The number of aromatic nitrogens is 2. The number of aliphatic hydroxyl groups is 1. The average molecular weight is 461 g/mol. The summed E-state index contributed by atoms with van der Waals surface area (Å²) in [6.07, 6.45) is -3.29. The van der Waals surface area contributed by atoms with Crippen LogP contribution in [-0.4, -0.2) is 72.1 Å². The van der Waals surface area contributed by atoms with E-state index >= 15 is 0 Å². The molecule has 0 saturated carbocycles. The molecular weight excluding hydrogens is 429 g/mol. The van der Waals surface area contributed by atoms with Crippen molar-refractivity contribution in [1.29, 1.82) is 0 Å². The van der Waals surface area contributed by atoms with Crippen LogP contribution >= 0.6 is 0 Å². The number of likely N-dealkylation sites (tertiary alicyclic amines) is 1. The summed E-state index contributed by atoms with van der Waals surface area (Å²) in [6, 6.07) is -0.204. The lowest BCUT2D eigenvalue weighted by Gasteiger charge is -2.47. The molecule has 0 spiro atoms. The van der Waals surface area contributed by atoms with Gasteiger partial charge in [0.05, 0.1) is 17.7 Å². The highest BCUT2D eigenvalue weighted by molar-refractivity contribution is 6.74. The van der Waals surface area contributed by atoms with Crippen LogP contribution in [0.5, 0.6) is 0 Å². The van der Waals surface area contributed by atoms with Gasteiger partial charge in [0.25, 0.3) is 5.91 Å². The molecule has 2 aliphatic heterocycles. The maximum atomic E-state index is 12.8. The van der Waals surface area contributed by atoms with E-state index in [0.717, 1.165) is 12.4 Å². The Hall–Kier alpha value is -1.72. The van der Waals surface area contributed by atoms with Gasteiger partial charge in [-0.1, -0.05) is 20.8 Å². The molecule has 0 aromatic carbocycles. The van der Waals surface area contributed by atoms with Crippen LogP contribution in [0, 0.1) is 0 Å². The monoisotopic (exact) mass is 460 g/mol. The predicted molar refractivity (Wildman–Crippen MR) is 112 cm³/mol. The zero-order chi connectivity index (χ0) is 23.2. The van der Waals surface area contributed by atoms with Gasteiger partial charge in [0.15, 0.2) is 8.32 Å². The van der Waals surface area contributed by atoms with Crippen molar-refractivity contribution in [3.63, 3.8) is 0 Å². The molecule has 174 valence electrons. The number of alkyl halides is 3. The largest absolute Gasteiger partial charge is 0.419 e. The Kier molecular flexibility index (Phi) is 6.42. The van der Waals surface area contributed by atoms with Gasteiger partial charge >= 0.3 is 6.18 Å². The molecule has 0 aliphatic carbocycles. The maximum absolute atomic E-state index is 12.8. The molecule has 7 nitrogen and oxygen atoms in total. The highest BCUT2D eigenvalue weighted by Gasteiger charge is 2.46. The van der Waals surface area contributed by atoms with Crippen molar-refractivity contribution in [2.45, 2.75) is 76.2 Å². The lowest BCUT2D eigenvalue weighted by Crippen LogP contribution is -2.60. The number of nitrogens with zero attached hydrogens (tertiary/aromatic N) is 4. The number of aliphatic hydroxyl groups excluding tert-OH is 1. The Labute approximate surface area is 181 Å². The van der Waals surface area contributed by atoms with E-state index in [1.54, 1.807) is 4.90 Å². The third-order valence-electron chi connectivity index (χ3n) is 6.64. The molecule has 3 heterocycles. The molecule has 0 radical (unpaired) electrons. The van der Waals surface area contributed by atoms with Crippen LogP contribution in [0.2, 0.25) is 18.1 Å². The molecule has 1 aromatic heterocycles. The van der Waals surface area contributed by atoms with E-state index in [1.807, 2.05) is 4.90 Å². The maximum Gasteiger partial charge on any atom is 0.419 e. The summed E-state index contributed by atoms with van der Waals surface area (Å²) < 4.78 is 45.2. The van der Waals surface area contributed by atoms with Crippen molar-refractivity contribution >= 4 is 20.2 Å². The van der Waals surface area contributed by atoms with Crippen molar-refractivity contribution in [2.24, 2.45) is 0 Å². The third kappa shape index (κ3) is 5.03. The minimum absolute atomic E-state index is 0.0563. The summed E-state index contributed by atoms with van der Waals surface area (Å²) in [7, 11) is -2.21. The highest BCUT2D eigenvalue weighted by atomic mass is 28.4. The topological polar surface area (TPSA) is 78.8 Å². The van der Waals surface area contributed by atoms with Gasteiger partial charge in [0.1, 0.15) is 6.10 Å². The van der Waals surface area contributed by atoms with Gasteiger partial charge in [-0.25, -0.2) is 9.97 Å². The first-order valence-corrected chi connectivity index (χ1v) is 13.4. The zero-order valence-corrected chi connectivity index (χ0v) is 19.6. The van der Waals surface area contributed by atoms with Gasteiger partial charge < -0.3 is 19.3 Å². The number of halogens is 3. The Morgan fingerprint density at radius 3 is 2.23 bits per heavy atom. The first-order chi connectivity index (χ1) is 14.2. The fourth-order valence-corrected chi connectivity index (χ4v) is 5.10. The van der Waals surface area contributed by atoms with Gasteiger partial charge in [0, 0.05) is 32.0 Å². The number of amides is 1. The van der Waals surface area contributed by atoms with Crippen LogP contribution in [0.15, 0.2) is 12.4 Å². The van der Waals surface area contributed by atoms with E-state index in [-0.39, 0.29) is 29.0 Å². The van der Waals surface area contributed by atoms with Crippen molar-refractivity contribution in [1.82, 2.24) is 14.9 Å². The summed E-state index contributed by atoms with van der Waals surface area (Å²) in [4.78, 5) is 23.9. The lowest BCUT2D eigenvalue weighted by molar-refractivity contribution is -0.139. The highest BCUT2D eigenvalue weighted by Crippen LogP contribution is 2.39. The quantitative estimate of drug-likeness (QED) is 0.696. The molecule has 2 unspecified atom stereocenters. The van der Waals surface area contributed by atoms with Crippen LogP contribution in [0.1, 0.15) is 39.2 Å². The number of anilines is 1. The Morgan fingerprint density at radius 2 is 1.74 bits per heavy atom. The molecule has 2 fully saturated rings. The minimum Gasteiger partial charge on any atom is -0.410 e. The minimum atomic E-state index is -4.49. The Balaban J connectivity index is 1.84. The normalized spacial score (nSPS) is 26.0. The molecular formula is C20H31F3N4O3Si.